The Morgan fingerprint density at radius 3 is 2.92 bits per heavy atom. The Labute approximate surface area is 156 Å². The zero-order chi connectivity index (χ0) is 18.4. The second-order valence-corrected chi connectivity index (χ2v) is 7.17. The summed E-state index contributed by atoms with van der Waals surface area (Å²) in [5.74, 6) is 1.92. The normalized spacial score (nSPS) is 13.6. The second kappa shape index (κ2) is 8.88. The molecule has 0 aliphatic heterocycles. The minimum Gasteiger partial charge on any atom is -0.467 e. The fraction of sp³-hybridized carbons (Fsp3) is 0.529. The molecule has 8 nitrogen and oxygen atoms in total. The predicted molar refractivity (Wildman–Crippen MR) is 97.0 cm³/mol. The number of furan rings is 1. The van der Waals surface area contributed by atoms with Crippen molar-refractivity contribution in [1.82, 2.24) is 25.4 Å². The number of rotatable bonds is 9. The Morgan fingerprint density at radius 1 is 1.38 bits per heavy atom. The number of hydrogen-bond acceptors (Lipinski definition) is 6. The van der Waals surface area contributed by atoms with Crippen molar-refractivity contribution in [3.63, 3.8) is 0 Å². The van der Waals surface area contributed by atoms with Crippen LogP contribution in [0.25, 0.3) is 0 Å². The summed E-state index contributed by atoms with van der Waals surface area (Å²) in [6.07, 6.45) is 5.72. The molecule has 3 rings (SSSR count). The van der Waals surface area contributed by atoms with Gasteiger partial charge in [-0.3, -0.25) is 14.7 Å². The van der Waals surface area contributed by atoms with E-state index < -0.39 is 6.03 Å². The third-order valence-corrected chi connectivity index (χ3v) is 4.95. The van der Waals surface area contributed by atoms with Crippen molar-refractivity contribution in [2.45, 2.75) is 50.2 Å². The molecular weight excluding hydrogens is 354 g/mol. The molecule has 2 heterocycles. The zero-order valence-electron chi connectivity index (χ0n) is 14.7. The van der Waals surface area contributed by atoms with Gasteiger partial charge in [0.05, 0.1) is 18.6 Å². The maximum atomic E-state index is 12.0. The monoisotopic (exact) mass is 377 g/mol. The highest BCUT2D eigenvalue weighted by atomic mass is 32.2. The molecule has 0 radical (unpaired) electrons. The fourth-order valence-electron chi connectivity index (χ4n) is 2.47. The molecule has 26 heavy (non-hydrogen) atoms. The summed E-state index contributed by atoms with van der Waals surface area (Å²) in [6, 6.07) is 3.28. The number of thioether (sulfide) groups is 1. The molecule has 1 aliphatic rings. The molecule has 0 saturated heterocycles. The van der Waals surface area contributed by atoms with Gasteiger partial charge in [0.15, 0.2) is 5.16 Å². The van der Waals surface area contributed by atoms with Gasteiger partial charge in [-0.05, 0) is 31.4 Å². The Morgan fingerprint density at radius 2 is 2.23 bits per heavy atom. The number of nitrogens with zero attached hydrogens (tertiary/aromatic N) is 3. The number of carbonyl (C=O) groups is 2. The van der Waals surface area contributed by atoms with E-state index in [1.807, 2.05) is 23.6 Å². The molecule has 0 atom stereocenters. The standard InChI is InChI=1S/C17H23N5O3S/c1-2-3-8-18-16(24)19-14(23)11-26-17-21-20-15(12-6-7-12)22(17)10-13-5-4-9-25-13/h4-5,9,12H,2-3,6-8,10-11H2,1H3,(H2,18,19,23,24). The predicted octanol–water partition coefficient (Wildman–Crippen LogP) is 2.51. The lowest BCUT2D eigenvalue weighted by Crippen LogP contribution is -2.40. The van der Waals surface area contributed by atoms with Gasteiger partial charge >= 0.3 is 6.03 Å². The first-order chi connectivity index (χ1) is 12.7. The average molecular weight is 377 g/mol. The maximum Gasteiger partial charge on any atom is 0.321 e. The van der Waals surface area contributed by atoms with Crippen LogP contribution in [0.4, 0.5) is 4.79 Å². The van der Waals surface area contributed by atoms with Crippen LogP contribution in [0.1, 0.15) is 50.1 Å². The molecule has 2 aromatic heterocycles. The number of urea groups is 1. The zero-order valence-corrected chi connectivity index (χ0v) is 15.6. The molecule has 1 fully saturated rings. The molecule has 2 aromatic rings. The largest absolute Gasteiger partial charge is 0.467 e. The molecule has 140 valence electrons. The van der Waals surface area contributed by atoms with Crippen LogP contribution in [0.2, 0.25) is 0 Å². The lowest BCUT2D eigenvalue weighted by atomic mass is 10.3. The molecule has 2 N–H and O–H groups in total. The number of aromatic nitrogens is 3. The fourth-order valence-corrected chi connectivity index (χ4v) is 3.22. The highest BCUT2D eigenvalue weighted by molar-refractivity contribution is 7.99. The van der Waals surface area contributed by atoms with Crippen LogP contribution in [-0.2, 0) is 11.3 Å². The van der Waals surface area contributed by atoms with E-state index >= 15 is 0 Å². The summed E-state index contributed by atoms with van der Waals surface area (Å²) in [6.45, 7) is 3.13. The van der Waals surface area contributed by atoms with E-state index in [2.05, 4.69) is 20.8 Å². The molecule has 1 aliphatic carbocycles. The summed E-state index contributed by atoms with van der Waals surface area (Å²) in [7, 11) is 0. The summed E-state index contributed by atoms with van der Waals surface area (Å²) in [5.41, 5.74) is 0. The molecule has 3 amide bonds. The van der Waals surface area contributed by atoms with Crippen LogP contribution in [0.5, 0.6) is 0 Å². The van der Waals surface area contributed by atoms with Crippen molar-refractivity contribution >= 4 is 23.7 Å². The molecular formula is C17H23N5O3S. The Kier molecular flexibility index (Phi) is 6.32. The third-order valence-electron chi connectivity index (χ3n) is 3.98. The Hall–Kier alpha value is -2.29. The van der Waals surface area contributed by atoms with Gasteiger partial charge in [0, 0.05) is 12.5 Å². The molecule has 0 unspecified atom stereocenters. The van der Waals surface area contributed by atoms with Crippen LogP contribution in [0.15, 0.2) is 28.0 Å². The van der Waals surface area contributed by atoms with Crippen LogP contribution < -0.4 is 10.6 Å². The second-order valence-electron chi connectivity index (χ2n) is 6.23. The van der Waals surface area contributed by atoms with Crippen molar-refractivity contribution in [3.8, 4) is 0 Å². The third kappa shape index (κ3) is 5.10. The smallest absolute Gasteiger partial charge is 0.321 e. The van der Waals surface area contributed by atoms with Gasteiger partial charge in [-0.25, -0.2) is 4.79 Å². The molecule has 1 saturated carbocycles. The van der Waals surface area contributed by atoms with Crippen molar-refractivity contribution in [1.29, 1.82) is 0 Å². The lowest BCUT2D eigenvalue weighted by molar-refractivity contribution is -0.117. The van der Waals surface area contributed by atoms with Gasteiger partial charge in [0.25, 0.3) is 0 Å². The van der Waals surface area contributed by atoms with Gasteiger partial charge < -0.3 is 9.73 Å². The summed E-state index contributed by atoms with van der Waals surface area (Å²) < 4.78 is 7.42. The SMILES string of the molecule is CCCCNC(=O)NC(=O)CSc1nnc(C2CC2)n1Cc1ccco1. The Bertz CT molecular complexity index is 740. The van der Waals surface area contributed by atoms with Gasteiger partial charge in [0.1, 0.15) is 11.6 Å². The van der Waals surface area contributed by atoms with Gasteiger partial charge in [-0.2, -0.15) is 0 Å². The molecule has 0 bridgehead atoms. The van der Waals surface area contributed by atoms with E-state index in [0.717, 1.165) is 37.3 Å². The summed E-state index contributed by atoms with van der Waals surface area (Å²) in [4.78, 5) is 23.6. The summed E-state index contributed by atoms with van der Waals surface area (Å²) >= 11 is 1.27. The van der Waals surface area contributed by atoms with Crippen molar-refractivity contribution in [2.75, 3.05) is 12.3 Å². The van der Waals surface area contributed by atoms with E-state index in [4.69, 9.17) is 4.42 Å². The molecule has 0 aromatic carbocycles. The number of imide groups is 1. The van der Waals surface area contributed by atoms with Crippen LogP contribution >= 0.6 is 11.8 Å². The molecule has 0 spiro atoms. The first kappa shape index (κ1) is 18.5. The highest BCUT2D eigenvalue weighted by Gasteiger charge is 2.30. The van der Waals surface area contributed by atoms with Crippen LogP contribution in [-0.4, -0.2) is 39.0 Å². The number of amides is 3. The van der Waals surface area contributed by atoms with E-state index in [1.54, 1.807) is 6.26 Å². The van der Waals surface area contributed by atoms with E-state index in [1.165, 1.54) is 11.8 Å². The number of nitrogens with one attached hydrogen (secondary N) is 2. The number of unbranched alkanes of at least 4 members (excludes halogenated alkanes) is 1. The van der Waals surface area contributed by atoms with E-state index in [-0.39, 0.29) is 11.7 Å². The lowest BCUT2D eigenvalue weighted by Gasteiger charge is -2.08. The van der Waals surface area contributed by atoms with E-state index in [0.29, 0.717) is 24.2 Å². The van der Waals surface area contributed by atoms with Crippen molar-refractivity contribution in [3.05, 3.63) is 30.0 Å². The highest BCUT2D eigenvalue weighted by Crippen LogP contribution is 2.40. The molecule has 9 heteroatoms. The van der Waals surface area contributed by atoms with Crippen LogP contribution in [0.3, 0.4) is 0 Å². The van der Waals surface area contributed by atoms with Crippen LogP contribution in [0, 0.1) is 0 Å². The Balaban J connectivity index is 1.55. The minimum atomic E-state index is -0.459. The van der Waals surface area contributed by atoms with Gasteiger partial charge in [0.2, 0.25) is 5.91 Å². The topological polar surface area (TPSA) is 102 Å². The summed E-state index contributed by atoms with van der Waals surface area (Å²) in [5, 5.41) is 14.2. The maximum absolute atomic E-state index is 12.0. The van der Waals surface area contributed by atoms with E-state index in [9.17, 15) is 9.59 Å². The van der Waals surface area contributed by atoms with Gasteiger partial charge in [-0.1, -0.05) is 25.1 Å². The van der Waals surface area contributed by atoms with Crippen molar-refractivity contribution < 1.29 is 14.0 Å². The number of carbonyl (C=O) groups excluding carboxylic acids is 2. The minimum absolute atomic E-state index is 0.0994. The van der Waals surface area contributed by atoms with Gasteiger partial charge in [-0.15, -0.1) is 10.2 Å². The quantitative estimate of drug-likeness (QED) is 0.514. The first-order valence-corrected chi connectivity index (χ1v) is 9.82. The number of hydrogen-bond donors (Lipinski definition) is 2. The first-order valence-electron chi connectivity index (χ1n) is 8.83. The van der Waals surface area contributed by atoms with Crippen molar-refractivity contribution in [2.24, 2.45) is 0 Å². The average Bonchev–Trinajstić information content (AvgIpc) is 3.18.